The van der Waals surface area contributed by atoms with Crippen molar-refractivity contribution < 1.29 is 57.6 Å². The minimum atomic E-state index is -0.835. The van der Waals surface area contributed by atoms with E-state index in [4.69, 9.17) is 42.6 Å². The van der Waals surface area contributed by atoms with Crippen LogP contribution < -0.4 is 0 Å². The standard InChI is InChI=1S/C71H100O12/c1-3-4-5-27-39-59(72)40-29-42-62(63-45-46-65(82-63)64-44-43-61(81-64)60(73)41-28-13-11-9-7-6-8-10-12-26-38-58-47-53(2)80-70(58)74)75-52-66-67(76-48-54-30-18-14-19-31-54)68(77-49-55-32-20-15-21-33-55)69(78-50-56-34-22-16-23-35-56)71(83-66)79-51-57-36-24-17-25-37-57/h14-25,30-37,47,53,59-69,71-73H,3-13,26-29,38-46,48-52H2,1-2H3/t53-,59-,60+,61+,62-,63+,64+,65+,66+,67+,68-,69+,71+/m0/s1. The van der Waals surface area contributed by atoms with Crippen LogP contribution in [0.1, 0.15) is 190 Å². The summed E-state index contributed by atoms with van der Waals surface area (Å²) in [5.74, 6) is -0.134. The minimum Gasteiger partial charge on any atom is -0.455 e. The number of benzene rings is 4. The molecule has 0 saturated carbocycles. The SMILES string of the molecule is CCCCCC[C@H](O)CCC[C@H](OC[C@H]1O[C@@H](OCc2ccccc2)[C@H](OCc2ccccc2)[C@@H](OCc2ccccc2)[C@@H]1OCc1ccccc1)[C@H]1CC[C@H]([C@H]2CC[C@H]([C@H](O)CCCCCCCCCCCCC3=C[C@H](C)OC3=O)O2)O1. The van der Waals surface area contributed by atoms with E-state index in [1.165, 1.54) is 51.4 Å². The smallest absolute Gasteiger partial charge is 0.334 e. The predicted molar refractivity (Wildman–Crippen MR) is 324 cm³/mol. The van der Waals surface area contributed by atoms with Gasteiger partial charge in [-0.15, -0.1) is 0 Å². The van der Waals surface area contributed by atoms with Gasteiger partial charge in [-0.05, 0) is 106 Å². The first-order valence-corrected chi connectivity index (χ1v) is 32.3. The van der Waals surface area contributed by atoms with E-state index in [1.807, 2.05) is 97.9 Å². The van der Waals surface area contributed by atoms with Crippen LogP contribution in [0.15, 0.2) is 133 Å². The monoisotopic (exact) mass is 1140 g/mol. The molecule has 13 atom stereocenters. The summed E-state index contributed by atoms with van der Waals surface area (Å²) in [6.45, 7) is 5.59. The topological polar surface area (TPSA) is 141 Å². The Labute approximate surface area is 497 Å². The lowest BCUT2D eigenvalue weighted by molar-refractivity contribution is -0.332. The summed E-state index contributed by atoms with van der Waals surface area (Å²) in [6, 6.07) is 40.7. The van der Waals surface area contributed by atoms with E-state index in [-0.39, 0.29) is 55.3 Å². The van der Waals surface area contributed by atoms with Gasteiger partial charge in [-0.25, -0.2) is 4.79 Å². The molecule has 3 fully saturated rings. The fourth-order valence-electron chi connectivity index (χ4n) is 12.4. The van der Waals surface area contributed by atoms with E-state index in [0.29, 0.717) is 39.3 Å². The Hall–Kier alpha value is -4.31. The average molecular weight is 1150 g/mol. The number of esters is 1. The highest BCUT2D eigenvalue weighted by Crippen LogP contribution is 2.37. The lowest BCUT2D eigenvalue weighted by Gasteiger charge is -2.46. The highest BCUT2D eigenvalue weighted by molar-refractivity contribution is 5.90. The molecule has 12 nitrogen and oxygen atoms in total. The summed E-state index contributed by atoms with van der Waals surface area (Å²) < 4.78 is 60.9. The molecule has 0 bridgehead atoms. The normalized spacial score (nSPS) is 25.5. The second kappa shape index (κ2) is 36.6. The van der Waals surface area contributed by atoms with E-state index in [2.05, 4.69) is 43.3 Å². The van der Waals surface area contributed by atoms with E-state index >= 15 is 0 Å². The van der Waals surface area contributed by atoms with Crippen LogP contribution in [0.25, 0.3) is 0 Å². The quantitative estimate of drug-likeness (QED) is 0.0324. The fraction of sp³-hybridized carbons (Fsp3) is 0.620. The van der Waals surface area contributed by atoms with Crippen molar-refractivity contribution in [3.8, 4) is 0 Å². The Morgan fingerprint density at radius 1 is 0.494 bits per heavy atom. The number of unbranched alkanes of at least 4 members (excludes halogenated alkanes) is 12. The molecule has 0 unspecified atom stereocenters. The molecule has 4 heterocycles. The van der Waals surface area contributed by atoms with Gasteiger partial charge in [0.05, 0.1) is 75.8 Å². The van der Waals surface area contributed by atoms with Crippen molar-refractivity contribution in [1.82, 2.24) is 0 Å². The van der Waals surface area contributed by atoms with E-state index < -0.39 is 36.8 Å². The average Bonchev–Trinajstić information content (AvgIpc) is 4.42. The summed E-state index contributed by atoms with van der Waals surface area (Å²) in [5.41, 5.74) is 4.94. The number of carbonyl (C=O) groups excluding carboxylic acids is 1. The maximum absolute atomic E-state index is 11.8. The van der Waals surface area contributed by atoms with Gasteiger partial charge in [0.15, 0.2) is 6.29 Å². The van der Waals surface area contributed by atoms with Crippen molar-refractivity contribution in [3.05, 3.63) is 155 Å². The second-order valence-corrected chi connectivity index (χ2v) is 24.0. The van der Waals surface area contributed by atoms with Crippen molar-refractivity contribution in [3.63, 3.8) is 0 Å². The number of hydrogen-bond acceptors (Lipinski definition) is 12. The molecular weight excluding hydrogens is 1040 g/mol. The van der Waals surface area contributed by atoms with Crippen LogP contribution in [-0.2, 0) is 73.9 Å². The molecule has 0 aromatic heterocycles. The van der Waals surface area contributed by atoms with Crippen LogP contribution in [-0.4, -0.2) is 102 Å². The number of cyclic esters (lactones) is 1. The Morgan fingerprint density at radius 3 is 1.52 bits per heavy atom. The molecular formula is C71H100O12. The van der Waals surface area contributed by atoms with Crippen molar-refractivity contribution in [2.24, 2.45) is 0 Å². The van der Waals surface area contributed by atoms with Crippen LogP contribution in [0.2, 0.25) is 0 Å². The Kier molecular flexibility index (Phi) is 28.5. The highest BCUT2D eigenvalue weighted by Gasteiger charge is 2.50. The van der Waals surface area contributed by atoms with Gasteiger partial charge in [-0.1, -0.05) is 212 Å². The van der Waals surface area contributed by atoms with E-state index in [1.54, 1.807) is 0 Å². The summed E-state index contributed by atoms with van der Waals surface area (Å²) in [7, 11) is 0. The maximum Gasteiger partial charge on any atom is 0.334 e. The summed E-state index contributed by atoms with van der Waals surface area (Å²) in [6.07, 6.45) is 21.0. The minimum absolute atomic E-state index is 0.0761. The molecule has 0 spiro atoms. The molecule has 4 aliphatic rings. The lowest BCUT2D eigenvalue weighted by Crippen LogP contribution is -2.62. The van der Waals surface area contributed by atoms with Crippen LogP contribution in [0.4, 0.5) is 0 Å². The zero-order valence-corrected chi connectivity index (χ0v) is 50.1. The van der Waals surface area contributed by atoms with Crippen LogP contribution in [0.5, 0.6) is 0 Å². The molecule has 0 amide bonds. The number of rotatable bonds is 40. The molecule has 0 aliphatic carbocycles. The molecule has 8 rings (SSSR count). The highest BCUT2D eigenvalue weighted by atomic mass is 16.7. The van der Waals surface area contributed by atoms with E-state index in [0.717, 1.165) is 118 Å². The number of ether oxygens (including phenoxy) is 9. The molecule has 0 radical (unpaired) electrons. The van der Waals surface area contributed by atoms with Gasteiger partial charge in [0.2, 0.25) is 0 Å². The molecule has 4 aromatic carbocycles. The van der Waals surface area contributed by atoms with Crippen LogP contribution in [0.3, 0.4) is 0 Å². The van der Waals surface area contributed by atoms with Gasteiger partial charge in [0.25, 0.3) is 0 Å². The molecule has 3 saturated heterocycles. The first-order chi connectivity index (χ1) is 40.8. The predicted octanol–water partition coefficient (Wildman–Crippen LogP) is 14.6. The first kappa shape index (κ1) is 64.7. The molecule has 4 aromatic rings. The number of aliphatic hydroxyl groups is 2. The summed E-state index contributed by atoms with van der Waals surface area (Å²) in [5, 5.41) is 22.5. The second-order valence-electron chi connectivity index (χ2n) is 24.0. The van der Waals surface area contributed by atoms with Gasteiger partial charge >= 0.3 is 5.97 Å². The molecule has 456 valence electrons. The lowest BCUT2D eigenvalue weighted by atomic mass is 9.97. The first-order valence-electron chi connectivity index (χ1n) is 32.3. The van der Waals surface area contributed by atoms with Gasteiger partial charge in [0.1, 0.15) is 30.5 Å². The van der Waals surface area contributed by atoms with Crippen LogP contribution >= 0.6 is 0 Å². The third-order valence-corrected chi connectivity index (χ3v) is 17.2. The molecule has 2 N–H and O–H groups in total. The third-order valence-electron chi connectivity index (χ3n) is 17.2. The van der Waals surface area contributed by atoms with E-state index in [9.17, 15) is 15.0 Å². The van der Waals surface area contributed by atoms with Crippen molar-refractivity contribution in [2.45, 2.75) is 274 Å². The van der Waals surface area contributed by atoms with Crippen molar-refractivity contribution >= 4 is 5.97 Å². The molecule has 83 heavy (non-hydrogen) atoms. The molecule has 4 aliphatic heterocycles. The zero-order valence-electron chi connectivity index (χ0n) is 50.1. The largest absolute Gasteiger partial charge is 0.455 e. The maximum atomic E-state index is 11.8. The third kappa shape index (κ3) is 22.2. The Morgan fingerprint density at radius 2 is 0.964 bits per heavy atom. The Balaban J connectivity index is 0.893. The van der Waals surface area contributed by atoms with Gasteiger partial charge < -0.3 is 52.8 Å². The Bertz CT molecular complexity index is 2370. The summed E-state index contributed by atoms with van der Waals surface area (Å²) in [4.78, 5) is 11.8. The number of hydrogen-bond donors (Lipinski definition) is 2. The van der Waals surface area contributed by atoms with Gasteiger partial charge in [0, 0.05) is 5.57 Å². The van der Waals surface area contributed by atoms with Crippen LogP contribution in [0, 0.1) is 0 Å². The zero-order chi connectivity index (χ0) is 57.7. The summed E-state index contributed by atoms with van der Waals surface area (Å²) >= 11 is 0. The number of carbonyl (C=O) groups is 1. The molecule has 12 heteroatoms. The number of aliphatic hydroxyl groups excluding tert-OH is 2. The fourth-order valence-corrected chi connectivity index (χ4v) is 12.4. The van der Waals surface area contributed by atoms with Gasteiger partial charge in [-0.2, -0.15) is 0 Å². The van der Waals surface area contributed by atoms with Gasteiger partial charge in [-0.3, -0.25) is 0 Å². The van der Waals surface area contributed by atoms with Crippen molar-refractivity contribution in [1.29, 1.82) is 0 Å². The van der Waals surface area contributed by atoms with Crippen molar-refractivity contribution in [2.75, 3.05) is 6.61 Å².